The summed E-state index contributed by atoms with van der Waals surface area (Å²) in [5.41, 5.74) is 7.17. The topological polar surface area (TPSA) is 84.2 Å². The van der Waals surface area contributed by atoms with Crippen molar-refractivity contribution in [3.63, 3.8) is 0 Å². The van der Waals surface area contributed by atoms with Crippen LogP contribution in [-0.4, -0.2) is 29.9 Å². The lowest BCUT2D eigenvalue weighted by atomic mass is 10.2. The molecule has 2 amide bonds. The minimum absolute atomic E-state index is 0.0511. The molecule has 21 heavy (non-hydrogen) atoms. The zero-order valence-corrected chi connectivity index (χ0v) is 12.9. The quantitative estimate of drug-likeness (QED) is 0.720. The van der Waals surface area contributed by atoms with Crippen molar-refractivity contribution in [3.8, 4) is 0 Å². The number of benzene rings is 1. The highest BCUT2D eigenvalue weighted by Crippen LogP contribution is 2.30. The zero-order valence-electron chi connectivity index (χ0n) is 12.1. The van der Waals surface area contributed by atoms with E-state index in [9.17, 15) is 9.59 Å². The van der Waals surface area contributed by atoms with Gasteiger partial charge in [-0.05, 0) is 49.5 Å². The van der Waals surface area contributed by atoms with E-state index in [2.05, 4.69) is 10.6 Å². The van der Waals surface area contributed by atoms with Crippen molar-refractivity contribution in [2.24, 2.45) is 11.7 Å². The SMILES string of the molecule is CSCC[C@@H](N)C(=O)Nc1cccc(NC(=O)C2CC2)c1. The van der Waals surface area contributed by atoms with Gasteiger partial charge in [0.2, 0.25) is 11.8 Å². The van der Waals surface area contributed by atoms with Gasteiger partial charge in [-0.15, -0.1) is 0 Å². The number of carbonyl (C=O) groups excluding carboxylic acids is 2. The first-order valence-corrected chi connectivity index (χ1v) is 8.46. The predicted octanol–water partition coefficient (Wildman–Crippen LogP) is 2.05. The van der Waals surface area contributed by atoms with Gasteiger partial charge in [-0.25, -0.2) is 0 Å². The second-order valence-corrected chi connectivity index (χ2v) is 6.21. The van der Waals surface area contributed by atoms with Crippen molar-refractivity contribution in [1.82, 2.24) is 0 Å². The number of hydrogen-bond donors (Lipinski definition) is 3. The number of rotatable bonds is 7. The van der Waals surface area contributed by atoms with Crippen molar-refractivity contribution in [2.45, 2.75) is 25.3 Å². The maximum Gasteiger partial charge on any atom is 0.241 e. The van der Waals surface area contributed by atoms with Gasteiger partial charge in [-0.3, -0.25) is 9.59 Å². The molecule has 1 aromatic carbocycles. The van der Waals surface area contributed by atoms with E-state index >= 15 is 0 Å². The number of nitrogens with two attached hydrogens (primary N) is 1. The largest absolute Gasteiger partial charge is 0.326 e. The number of carbonyl (C=O) groups is 2. The van der Waals surface area contributed by atoms with Crippen molar-refractivity contribution in [3.05, 3.63) is 24.3 Å². The van der Waals surface area contributed by atoms with Crippen LogP contribution in [0, 0.1) is 5.92 Å². The first-order chi connectivity index (χ1) is 10.1. The van der Waals surface area contributed by atoms with Gasteiger partial charge in [0, 0.05) is 17.3 Å². The molecule has 0 spiro atoms. The molecular weight excluding hydrogens is 286 g/mol. The van der Waals surface area contributed by atoms with Gasteiger partial charge in [-0.2, -0.15) is 11.8 Å². The molecule has 1 aliphatic carbocycles. The summed E-state index contributed by atoms with van der Waals surface area (Å²) in [6.07, 6.45) is 4.56. The van der Waals surface area contributed by atoms with Crippen molar-refractivity contribution < 1.29 is 9.59 Å². The Kier molecular flexibility index (Phi) is 5.64. The maximum absolute atomic E-state index is 11.9. The molecule has 1 aromatic rings. The minimum atomic E-state index is -0.512. The summed E-state index contributed by atoms with van der Waals surface area (Å²) in [6.45, 7) is 0. The van der Waals surface area contributed by atoms with Crippen LogP contribution in [0.3, 0.4) is 0 Å². The van der Waals surface area contributed by atoms with Gasteiger partial charge < -0.3 is 16.4 Å². The van der Waals surface area contributed by atoms with E-state index in [1.807, 2.05) is 12.3 Å². The Hall–Kier alpha value is -1.53. The Morgan fingerprint density at radius 1 is 1.33 bits per heavy atom. The summed E-state index contributed by atoms with van der Waals surface area (Å²) in [7, 11) is 0. The van der Waals surface area contributed by atoms with Crippen LogP contribution in [0.2, 0.25) is 0 Å². The van der Waals surface area contributed by atoms with Gasteiger partial charge >= 0.3 is 0 Å². The molecule has 4 N–H and O–H groups in total. The molecule has 2 rings (SSSR count). The summed E-state index contributed by atoms with van der Waals surface area (Å²) in [4.78, 5) is 23.7. The molecule has 6 heteroatoms. The molecule has 1 atom stereocenters. The van der Waals surface area contributed by atoms with Gasteiger partial charge in [0.1, 0.15) is 0 Å². The molecule has 1 saturated carbocycles. The molecule has 1 fully saturated rings. The molecule has 0 unspecified atom stereocenters. The summed E-state index contributed by atoms with van der Waals surface area (Å²) in [6, 6.07) is 6.63. The number of hydrogen-bond acceptors (Lipinski definition) is 4. The van der Waals surface area contributed by atoms with E-state index in [0.717, 1.165) is 18.6 Å². The molecule has 0 radical (unpaired) electrons. The summed E-state index contributed by atoms with van der Waals surface area (Å²) >= 11 is 1.66. The monoisotopic (exact) mass is 307 g/mol. The van der Waals surface area contributed by atoms with Crippen LogP contribution in [0.1, 0.15) is 19.3 Å². The standard InChI is InChI=1S/C15H21N3O2S/c1-21-8-7-13(16)15(20)18-12-4-2-3-11(9-12)17-14(19)10-5-6-10/h2-4,9-10,13H,5-8,16H2,1H3,(H,17,19)(H,18,20)/t13-/m1/s1. The van der Waals surface area contributed by atoms with E-state index in [1.165, 1.54) is 0 Å². The Morgan fingerprint density at radius 3 is 2.62 bits per heavy atom. The van der Waals surface area contributed by atoms with E-state index in [1.54, 1.807) is 30.0 Å². The minimum Gasteiger partial charge on any atom is -0.326 e. The highest BCUT2D eigenvalue weighted by Gasteiger charge is 2.29. The average molecular weight is 307 g/mol. The molecule has 114 valence electrons. The fourth-order valence-corrected chi connectivity index (χ4v) is 2.37. The van der Waals surface area contributed by atoms with Crippen LogP contribution in [0.4, 0.5) is 11.4 Å². The second-order valence-electron chi connectivity index (χ2n) is 5.22. The van der Waals surface area contributed by atoms with Crippen LogP contribution >= 0.6 is 11.8 Å². The van der Waals surface area contributed by atoms with E-state index in [4.69, 9.17) is 5.73 Å². The van der Waals surface area contributed by atoms with Gasteiger partial charge in [0.15, 0.2) is 0 Å². The first-order valence-electron chi connectivity index (χ1n) is 7.06. The van der Waals surface area contributed by atoms with Crippen molar-refractivity contribution in [1.29, 1.82) is 0 Å². The van der Waals surface area contributed by atoms with Gasteiger partial charge in [0.05, 0.1) is 6.04 Å². The normalized spacial score (nSPS) is 15.3. The molecule has 0 aliphatic heterocycles. The van der Waals surface area contributed by atoms with Crippen LogP contribution in [0.5, 0.6) is 0 Å². The Labute approximate surface area is 129 Å². The second kappa shape index (κ2) is 7.47. The number of amides is 2. The molecule has 5 nitrogen and oxygen atoms in total. The molecule has 0 aromatic heterocycles. The number of anilines is 2. The van der Waals surface area contributed by atoms with Crippen LogP contribution in [0.25, 0.3) is 0 Å². The Bertz CT molecular complexity index is 517. The third-order valence-corrected chi connectivity index (χ3v) is 3.96. The van der Waals surface area contributed by atoms with Crippen LogP contribution in [-0.2, 0) is 9.59 Å². The predicted molar refractivity (Wildman–Crippen MR) is 87.4 cm³/mol. The number of nitrogens with one attached hydrogen (secondary N) is 2. The lowest BCUT2D eigenvalue weighted by Gasteiger charge is -2.12. The Morgan fingerprint density at radius 2 is 2.00 bits per heavy atom. The average Bonchev–Trinajstić information content (AvgIpc) is 3.29. The Balaban J connectivity index is 1.90. The third-order valence-electron chi connectivity index (χ3n) is 3.32. The zero-order chi connectivity index (χ0) is 15.2. The van der Waals surface area contributed by atoms with E-state index < -0.39 is 6.04 Å². The van der Waals surface area contributed by atoms with E-state index in [0.29, 0.717) is 17.8 Å². The smallest absolute Gasteiger partial charge is 0.241 e. The highest BCUT2D eigenvalue weighted by molar-refractivity contribution is 7.98. The molecular formula is C15H21N3O2S. The summed E-state index contributed by atoms with van der Waals surface area (Å²) in [5, 5.41) is 5.64. The third kappa shape index (κ3) is 5.06. The lowest BCUT2D eigenvalue weighted by Crippen LogP contribution is -2.36. The molecule has 1 aliphatic rings. The fourth-order valence-electron chi connectivity index (χ4n) is 1.88. The van der Waals surface area contributed by atoms with Crippen LogP contribution < -0.4 is 16.4 Å². The maximum atomic E-state index is 11.9. The van der Waals surface area contributed by atoms with Crippen molar-refractivity contribution in [2.75, 3.05) is 22.6 Å². The molecule has 0 bridgehead atoms. The molecule has 0 heterocycles. The van der Waals surface area contributed by atoms with Crippen LogP contribution in [0.15, 0.2) is 24.3 Å². The molecule has 0 saturated heterocycles. The fraction of sp³-hybridized carbons (Fsp3) is 0.467. The van der Waals surface area contributed by atoms with E-state index in [-0.39, 0.29) is 17.7 Å². The lowest BCUT2D eigenvalue weighted by molar-refractivity contribution is -0.118. The van der Waals surface area contributed by atoms with Gasteiger partial charge in [-0.1, -0.05) is 6.07 Å². The summed E-state index contributed by atoms with van der Waals surface area (Å²) in [5.74, 6) is 0.861. The highest BCUT2D eigenvalue weighted by atomic mass is 32.2. The van der Waals surface area contributed by atoms with Crippen molar-refractivity contribution >= 4 is 35.0 Å². The first kappa shape index (κ1) is 15.9. The number of thioether (sulfide) groups is 1. The summed E-state index contributed by atoms with van der Waals surface area (Å²) < 4.78 is 0. The van der Waals surface area contributed by atoms with Gasteiger partial charge in [0.25, 0.3) is 0 Å².